The van der Waals surface area contributed by atoms with Crippen molar-refractivity contribution in [2.24, 2.45) is 5.92 Å². The summed E-state index contributed by atoms with van der Waals surface area (Å²) in [6.45, 7) is 5.87. The van der Waals surface area contributed by atoms with Gasteiger partial charge in [-0.2, -0.15) is 0 Å². The standard InChI is InChI=1S/C29H38N4O3/c1-36-25-8-6-7-22(19-25)21-31-15-17-33(18-16-31)29(35)26-12-11-24(30-28(34)23-9-10-23)20-27(26)32-13-4-2-3-5-14-32/h6-8,11-12,19-20,23H,2-5,9-10,13-18,21H2,1H3,(H,30,34). The van der Waals surface area contributed by atoms with Crippen LogP contribution in [0.1, 0.15) is 54.4 Å². The normalized spacial score (nSPS) is 19.0. The zero-order valence-corrected chi connectivity index (χ0v) is 21.4. The van der Waals surface area contributed by atoms with Gasteiger partial charge in [0.1, 0.15) is 5.75 Å². The number of nitrogens with one attached hydrogen (secondary N) is 1. The molecule has 5 rings (SSSR count). The Hall–Kier alpha value is -3.06. The minimum Gasteiger partial charge on any atom is -0.497 e. The highest BCUT2D eigenvalue weighted by atomic mass is 16.5. The minimum atomic E-state index is 0.0929. The summed E-state index contributed by atoms with van der Waals surface area (Å²) in [6, 6.07) is 14.0. The highest BCUT2D eigenvalue weighted by Crippen LogP contribution is 2.32. The number of carbonyl (C=O) groups excluding carboxylic acids is 2. The average Bonchev–Trinajstić information content (AvgIpc) is 3.77. The second kappa shape index (κ2) is 11.3. The number of hydrogen-bond acceptors (Lipinski definition) is 5. The maximum Gasteiger partial charge on any atom is 0.256 e. The lowest BCUT2D eigenvalue weighted by Gasteiger charge is -2.36. The quantitative estimate of drug-likeness (QED) is 0.624. The Bertz CT molecular complexity index is 1070. The van der Waals surface area contributed by atoms with Crippen LogP contribution in [0.25, 0.3) is 0 Å². The van der Waals surface area contributed by atoms with Gasteiger partial charge in [0.25, 0.3) is 5.91 Å². The second-order valence-electron chi connectivity index (χ2n) is 10.3. The van der Waals surface area contributed by atoms with Crippen LogP contribution >= 0.6 is 0 Å². The Balaban J connectivity index is 1.28. The molecule has 7 nitrogen and oxygen atoms in total. The molecular weight excluding hydrogens is 452 g/mol. The average molecular weight is 491 g/mol. The van der Waals surface area contributed by atoms with Crippen LogP contribution in [-0.4, -0.2) is 68.0 Å². The molecule has 192 valence electrons. The number of benzene rings is 2. The predicted octanol–water partition coefficient (Wildman–Crippen LogP) is 4.38. The Morgan fingerprint density at radius 3 is 2.36 bits per heavy atom. The minimum absolute atomic E-state index is 0.0929. The molecule has 0 atom stereocenters. The van der Waals surface area contributed by atoms with Crippen molar-refractivity contribution in [2.45, 2.75) is 45.1 Å². The third-order valence-electron chi connectivity index (χ3n) is 7.59. The van der Waals surface area contributed by atoms with Crippen LogP contribution in [0.3, 0.4) is 0 Å². The van der Waals surface area contributed by atoms with Gasteiger partial charge in [0.2, 0.25) is 5.91 Å². The lowest BCUT2D eigenvalue weighted by molar-refractivity contribution is -0.117. The van der Waals surface area contributed by atoms with Gasteiger partial charge < -0.3 is 19.9 Å². The highest BCUT2D eigenvalue weighted by Gasteiger charge is 2.30. The van der Waals surface area contributed by atoms with E-state index in [9.17, 15) is 9.59 Å². The Morgan fingerprint density at radius 2 is 1.67 bits per heavy atom. The van der Waals surface area contributed by atoms with Crippen LogP contribution in [0.2, 0.25) is 0 Å². The van der Waals surface area contributed by atoms with E-state index in [4.69, 9.17) is 4.74 Å². The van der Waals surface area contributed by atoms with Gasteiger partial charge in [-0.05, 0) is 61.6 Å². The van der Waals surface area contributed by atoms with E-state index in [1.54, 1.807) is 7.11 Å². The molecule has 36 heavy (non-hydrogen) atoms. The monoisotopic (exact) mass is 490 g/mol. The molecule has 2 aliphatic heterocycles. The van der Waals surface area contributed by atoms with E-state index < -0.39 is 0 Å². The summed E-state index contributed by atoms with van der Waals surface area (Å²) in [5.74, 6) is 1.22. The number of piperazine rings is 1. The summed E-state index contributed by atoms with van der Waals surface area (Å²) >= 11 is 0. The molecule has 2 aromatic carbocycles. The number of rotatable bonds is 7. The van der Waals surface area contributed by atoms with E-state index >= 15 is 0 Å². The van der Waals surface area contributed by atoms with Crippen molar-refractivity contribution >= 4 is 23.2 Å². The summed E-state index contributed by atoms with van der Waals surface area (Å²) in [7, 11) is 1.69. The van der Waals surface area contributed by atoms with E-state index in [0.29, 0.717) is 13.1 Å². The molecule has 1 N–H and O–H groups in total. The van der Waals surface area contributed by atoms with Crippen molar-refractivity contribution in [1.29, 1.82) is 0 Å². The number of ether oxygens (including phenoxy) is 1. The third kappa shape index (κ3) is 6.01. The van der Waals surface area contributed by atoms with Crippen LogP contribution in [0, 0.1) is 5.92 Å². The van der Waals surface area contributed by atoms with E-state index in [0.717, 1.165) is 81.1 Å². The predicted molar refractivity (Wildman–Crippen MR) is 143 cm³/mol. The zero-order valence-electron chi connectivity index (χ0n) is 21.4. The van der Waals surface area contributed by atoms with Crippen molar-refractivity contribution in [1.82, 2.24) is 9.80 Å². The molecule has 3 aliphatic rings. The Labute approximate surface area is 214 Å². The number of amides is 2. The fourth-order valence-electron chi connectivity index (χ4n) is 5.26. The maximum atomic E-state index is 13.7. The Morgan fingerprint density at radius 1 is 0.917 bits per heavy atom. The molecule has 2 heterocycles. The highest BCUT2D eigenvalue weighted by molar-refractivity contribution is 6.02. The van der Waals surface area contributed by atoms with E-state index in [-0.39, 0.29) is 17.7 Å². The van der Waals surface area contributed by atoms with Gasteiger partial charge in [-0.15, -0.1) is 0 Å². The number of carbonyl (C=O) groups is 2. The summed E-state index contributed by atoms with van der Waals surface area (Å²) < 4.78 is 5.36. The number of hydrogen-bond donors (Lipinski definition) is 1. The smallest absolute Gasteiger partial charge is 0.256 e. The summed E-state index contributed by atoms with van der Waals surface area (Å²) in [6.07, 6.45) is 6.68. The molecule has 1 saturated carbocycles. The number of anilines is 2. The SMILES string of the molecule is COc1cccc(CN2CCN(C(=O)c3ccc(NC(=O)C4CC4)cc3N3CCCCCC3)CC2)c1. The van der Waals surface area contributed by atoms with Crippen molar-refractivity contribution in [3.8, 4) is 5.75 Å². The lowest BCUT2D eigenvalue weighted by Crippen LogP contribution is -2.48. The first-order valence-corrected chi connectivity index (χ1v) is 13.4. The molecule has 1 aliphatic carbocycles. The van der Waals surface area contributed by atoms with Gasteiger partial charge in [0.15, 0.2) is 0 Å². The maximum absolute atomic E-state index is 13.7. The van der Waals surface area contributed by atoms with Crippen LogP contribution in [-0.2, 0) is 11.3 Å². The van der Waals surface area contributed by atoms with Crippen molar-refractivity contribution in [2.75, 3.05) is 56.6 Å². The molecule has 2 aromatic rings. The first kappa shape index (κ1) is 24.6. The summed E-state index contributed by atoms with van der Waals surface area (Å²) in [5, 5.41) is 3.08. The first-order chi connectivity index (χ1) is 17.6. The molecule has 0 unspecified atom stereocenters. The van der Waals surface area contributed by atoms with Gasteiger partial charge in [0, 0.05) is 57.4 Å². The molecule has 2 amide bonds. The van der Waals surface area contributed by atoms with Crippen molar-refractivity contribution in [3.63, 3.8) is 0 Å². The summed E-state index contributed by atoms with van der Waals surface area (Å²) in [5.41, 5.74) is 3.74. The molecule has 7 heteroatoms. The molecule has 0 radical (unpaired) electrons. The van der Waals surface area contributed by atoms with E-state index in [2.05, 4.69) is 27.2 Å². The second-order valence-corrected chi connectivity index (χ2v) is 10.3. The molecule has 0 aromatic heterocycles. The van der Waals surface area contributed by atoms with Gasteiger partial charge in [0.05, 0.1) is 18.4 Å². The third-order valence-corrected chi connectivity index (χ3v) is 7.59. The zero-order chi connectivity index (χ0) is 24.9. The van der Waals surface area contributed by atoms with Crippen LogP contribution in [0.15, 0.2) is 42.5 Å². The lowest BCUT2D eigenvalue weighted by atomic mass is 10.1. The fourth-order valence-corrected chi connectivity index (χ4v) is 5.26. The van der Waals surface area contributed by atoms with Gasteiger partial charge >= 0.3 is 0 Å². The van der Waals surface area contributed by atoms with Crippen LogP contribution in [0.4, 0.5) is 11.4 Å². The van der Waals surface area contributed by atoms with Gasteiger partial charge in [-0.25, -0.2) is 0 Å². The van der Waals surface area contributed by atoms with Crippen LogP contribution in [0.5, 0.6) is 5.75 Å². The van der Waals surface area contributed by atoms with Crippen molar-refractivity contribution < 1.29 is 14.3 Å². The number of methoxy groups -OCH3 is 1. The van der Waals surface area contributed by atoms with Crippen LogP contribution < -0.4 is 15.0 Å². The van der Waals surface area contributed by atoms with E-state index in [1.807, 2.05) is 35.2 Å². The largest absolute Gasteiger partial charge is 0.497 e. The van der Waals surface area contributed by atoms with Crippen molar-refractivity contribution in [3.05, 3.63) is 53.6 Å². The topological polar surface area (TPSA) is 65.1 Å². The molecule has 0 spiro atoms. The van der Waals surface area contributed by atoms with E-state index in [1.165, 1.54) is 18.4 Å². The fraction of sp³-hybridized carbons (Fsp3) is 0.517. The molecule has 2 saturated heterocycles. The molecular formula is C29H38N4O3. The number of nitrogens with zero attached hydrogens (tertiary/aromatic N) is 3. The van der Waals surface area contributed by atoms with Gasteiger partial charge in [-0.1, -0.05) is 25.0 Å². The first-order valence-electron chi connectivity index (χ1n) is 13.4. The Kier molecular flexibility index (Phi) is 7.75. The molecule has 0 bridgehead atoms. The molecule has 3 fully saturated rings. The van der Waals surface area contributed by atoms with Gasteiger partial charge in [-0.3, -0.25) is 14.5 Å². The summed E-state index contributed by atoms with van der Waals surface area (Å²) in [4.78, 5) is 32.8.